The molecule has 0 aliphatic heterocycles. The summed E-state index contributed by atoms with van der Waals surface area (Å²) in [6, 6.07) is -0.793. The Bertz CT molecular complexity index is 758. The van der Waals surface area contributed by atoms with Crippen molar-refractivity contribution in [2.45, 2.75) is 289 Å². The smallest absolute Gasteiger partial charge is 0.249 e. The molecular formula is C49H97NO4. The number of hydrogen-bond acceptors (Lipinski definition) is 4. The predicted molar refractivity (Wildman–Crippen MR) is 236 cm³/mol. The summed E-state index contributed by atoms with van der Waals surface area (Å²) in [7, 11) is 0. The molecule has 0 aliphatic carbocycles. The molecule has 0 aromatic heterocycles. The minimum atomic E-state index is -1.09. The Morgan fingerprint density at radius 1 is 0.444 bits per heavy atom. The quantitative estimate of drug-likeness (QED) is 0.0367. The summed E-state index contributed by atoms with van der Waals surface area (Å²) in [5.74, 6) is -0.498. The minimum Gasteiger partial charge on any atom is -0.394 e. The van der Waals surface area contributed by atoms with E-state index in [9.17, 15) is 20.1 Å². The van der Waals surface area contributed by atoms with Gasteiger partial charge in [0.25, 0.3) is 0 Å². The van der Waals surface area contributed by atoms with E-state index in [0.29, 0.717) is 6.42 Å². The van der Waals surface area contributed by atoms with Crippen molar-refractivity contribution in [2.75, 3.05) is 6.61 Å². The number of hydrogen-bond donors (Lipinski definition) is 4. The maximum Gasteiger partial charge on any atom is 0.249 e. The second kappa shape index (κ2) is 44.8. The number of allylic oxidation sites excluding steroid dienone is 1. The van der Waals surface area contributed by atoms with Crippen molar-refractivity contribution >= 4 is 5.91 Å². The van der Waals surface area contributed by atoms with Gasteiger partial charge in [-0.3, -0.25) is 4.79 Å². The van der Waals surface area contributed by atoms with Crippen molar-refractivity contribution < 1.29 is 20.1 Å². The maximum atomic E-state index is 12.5. The monoisotopic (exact) mass is 764 g/mol. The first-order chi connectivity index (χ1) is 26.6. The van der Waals surface area contributed by atoms with E-state index in [4.69, 9.17) is 0 Å². The average molecular weight is 764 g/mol. The summed E-state index contributed by atoms with van der Waals surface area (Å²) >= 11 is 0. The number of carbonyl (C=O) groups excluding carboxylic acids is 1. The second-order valence-corrected chi connectivity index (χ2v) is 17.0. The van der Waals surface area contributed by atoms with Gasteiger partial charge >= 0.3 is 0 Å². The van der Waals surface area contributed by atoms with Gasteiger partial charge < -0.3 is 20.6 Å². The molecule has 0 fully saturated rings. The standard InChI is InChI=1S/C49H97NO4/c1-3-5-7-9-11-13-15-17-19-21-22-23-24-25-26-27-28-30-31-33-35-37-39-41-43-47(52)46(45-51)50-49(54)48(53)44-42-40-38-36-34-32-29-20-18-16-14-12-10-8-6-4-2/h41,43,46-48,51-53H,3-40,42,44-45H2,1-2H3,(H,50,54)/b43-41+. The SMILES string of the molecule is CCCCCCCCCCCCCCCCCCCCCCCC/C=C/C(O)C(CO)NC(=O)C(O)CCCCCCCCCCCCCCCCCC. The predicted octanol–water partition coefficient (Wildman–Crippen LogP) is 14.4. The van der Waals surface area contributed by atoms with Crippen LogP contribution in [0.4, 0.5) is 0 Å². The molecule has 0 aromatic carbocycles. The lowest BCUT2D eigenvalue weighted by atomic mass is 10.0. The molecule has 3 atom stereocenters. The molecule has 5 heteroatoms. The molecule has 0 saturated heterocycles. The maximum absolute atomic E-state index is 12.5. The van der Waals surface area contributed by atoms with E-state index in [1.165, 1.54) is 218 Å². The fourth-order valence-corrected chi connectivity index (χ4v) is 7.78. The van der Waals surface area contributed by atoms with Crippen LogP contribution in [0.3, 0.4) is 0 Å². The molecule has 322 valence electrons. The summed E-state index contributed by atoms with van der Waals surface area (Å²) < 4.78 is 0. The molecule has 3 unspecified atom stereocenters. The first-order valence-corrected chi connectivity index (χ1v) is 24.5. The summed E-state index contributed by atoms with van der Waals surface area (Å²) in [6.07, 6.45) is 54.0. The van der Waals surface area contributed by atoms with Crippen LogP contribution < -0.4 is 5.32 Å². The fourth-order valence-electron chi connectivity index (χ4n) is 7.78. The van der Waals surface area contributed by atoms with Crippen LogP contribution in [0.5, 0.6) is 0 Å². The normalized spacial score (nSPS) is 13.5. The summed E-state index contributed by atoms with van der Waals surface area (Å²) in [5.41, 5.74) is 0. The Labute approximate surface area is 338 Å². The zero-order valence-electron chi connectivity index (χ0n) is 36.6. The number of unbranched alkanes of at least 4 members (excludes halogenated alkanes) is 37. The summed E-state index contributed by atoms with van der Waals surface area (Å²) in [4.78, 5) is 12.5. The lowest BCUT2D eigenvalue weighted by molar-refractivity contribution is -0.131. The molecule has 0 heterocycles. The van der Waals surface area contributed by atoms with Crippen LogP contribution in [0.25, 0.3) is 0 Å². The first kappa shape index (κ1) is 53.1. The zero-order chi connectivity index (χ0) is 39.4. The van der Waals surface area contributed by atoms with Crippen LogP contribution >= 0.6 is 0 Å². The molecule has 54 heavy (non-hydrogen) atoms. The van der Waals surface area contributed by atoms with E-state index in [-0.39, 0.29) is 6.61 Å². The third kappa shape index (κ3) is 39.3. The highest BCUT2D eigenvalue weighted by atomic mass is 16.3. The van der Waals surface area contributed by atoms with Crippen LogP contribution in [0, 0.1) is 0 Å². The van der Waals surface area contributed by atoms with E-state index in [1.807, 2.05) is 6.08 Å². The van der Waals surface area contributed by atoms with E-state index in [1.54, 1.807) is 6.08 Å². The highest BCUT2D eigenvalue weighted by Gasteiger charge is 2.22. The third-order valence-corrected chi connectivity index (χ3v) is 11.6. The molecule has 1 amide bonds. The fraction of sp³-hybridized carbons (Fsp3) is 0.939. The largest absolute Gasteiger partial charge is 0.394 e. The number of aliphatic hydroxyl groups is 3. The van der Waals surface area contributed by atoms with Gasteiger partial charge in [0, 0.05) is 0 Å². The van der Waals surface area contributed by atoms with Gasteiger partial charge in [0.1, 0.15) is 6.10 Å². The molecule has 0 radical (unpaired) electrons. The van der Waals surface area contributed by atoms with E-state index < -0.39 is 24.2 Å². The van der Waals surface area contributed by atoms with Crippen molar-refractivity contribution in [1.82, 2.24) is 5.32 Å². The Hall–Kier alpha value is -0.910. The molecule has 0 spiro atoms. The van der Waals surface area contributed by atoms with Gasteiger partial charge in [-0.1, -0.05) is 264 Å². The summed E-state index contributed by atoms with van der Waals surface area (Å²) in [6.45, 7) is 4.21. The molecule has 4 N–H and O–H groups in total. The van der Waals surface area contributed by atoms with E-state index in [0.717, 1.165) is 32.1 Å². The van der Waals surface area contributed by atoms with Crippen molar-refractivity contribution in [1.29, 1.82) is 0 Å². The lowest BCUT2D eigenvalue weighted by Gasteiger charge is -2.21. The van der Waals surface area contributed by atoms with Gasteiger partial charge in [0.15, 0.2) is 0 Å². The van der Waals surface area contributed by atoms with Crippen LogP contribution in [0.2, 0.25) is 0 Å². The second-order valence-electron chi connectivity index (χ2n) is 17.0. The number of amides is 1. The zero-order valence-corrected chi connectivity index (χ0v) is 36.6. The van der Waals surface area contributed by atoms with Crippen molar-refractivity contribution in [3.8, 4) is 0 Å². The number of rotatable bonds is 45. The van der Waals surface area contributed by atoms with Crippen LogP contribution in [0.15, 0.2) is 12.2 Å². The van der Waals surface area contributed by atoms with Crippen LogP contribution in [0.1, 0.15) is 271 Å². The first-order valence-electron chi connectivity index (χ1n) is 24.5. The lowest BCUT2D eigenvalue weighted by Crippen LogP contribution is -2.48. The molecule has 0 aliphatic rings. The van der Waals surface area contributed by atoms with Crippen LogP contribution in [-0.2, 0) is 4.79 Å². The number of aliphatic hydroxyl groups excluding tert-OH is 3. The average Bonchev–Trinajstić information content (AvgIpc) is 3.18. The van der Waals surface area contributed by atoms with Gasteiger partial charge in [-0.15, -0.1) is 0 Å². The Balaban J connectivity index is 3.58. The number of carbonyl (C=O) groups is 1. The van der Waals surface area contributed by atoms with Crippen molar-refractivity contribution in [3.05, 3.63) is 12.2 Å². The van der Waals surface area contributed by atoms with Crippen molar-refractivity contribution in [3.63, 3.8) is 0 Å². The van der Waals surface area contributed by atoms with E-state index in [2.05, 4.69) is 19.2 Å². The highest BCUT2D eigenvalue weighted by Crippen LogP contribution is 2.17. The van der Waals surface area contributed by atoms with Gasteiger partial charge in [-0.2, -0.15) is 0 Å². The van der Waals surface area contributed by atoms with Gasteiger partial charge in [0.2, 0.25) is 5.91 Å². The molecule has 0 aromatic rings. The minimum absolute atomic E-state index is 0.359. The molecule has 0 rings (SSSR count). The third-order valence-electron chi connectivity index (χ3n) is 11.6. The topological polar surface area (TPSA) is 89.8 Å². The van der Waals surface area contributed by atoms with Gasteiger partial charge in [-0.05, 0) is 19.3 Å². The highest BCUT2D eigenvalue weighted by molar-refractivity contribution is 5.80. The molecule has 5 nitrogen and oxygen atoms in total. The number of nitrogens with one attached hydrogen (secondary N) is 1. The molecular weight excluding hydrogens is 667 g/mol. The molecule has 0 saturated carbocycles. The molecule has 0 bridgehead atoms. The van der Waals surface area contributed by atoms with Gasteiger partial charge in [-0.25, -0.2) is 0 Å². The van der Waals surface area contributed by atoms with Gasteiger partial charge in [0.05, 0.1) is 18.8 Å². The van der Waals surface area contributed by atoms with Crippen LogP contribution in [-0.4, -0.2) is 46.1 Å². The Morgan fingerprint density at radius 2 is 0.722 bits per heavy atom. The summed E-state index contributed by atoms with van der Waals surface area (Å²) in [5, 5.41) is 33.2. The Morgan fingerprint density at radius 3 is 1.02 bits per heavy atom. The Kier molecular flexibility index (Phi) is 44.0. The van der Waals surface area contributed by atoms with Crippen molar-refractivity contribution in [2.24, 2.45) is 0 Å². The van der Waals surface area contributed by atoms with E-state index >= 15 is 0 Å².